The van der Waals surface area contributed by atoms with E-state index in [4.69, 9.17) is 19.4 Å². The van der Waals surface area contributed by atoms with Crippen molar-refractivity contribution < 1.29 is 31.5 Å². The fourth-order valence-electron chi connectivity index (χ4n) is 6.60. The Morgan fingerprint density at radius 2 is 1.69 bits per heavy atom. The van der Waals surface area contributed by atoms with Crippen molar-refractivity contribution in [2.75, 3.05) is 61.7 Å². The van der Waals surface area contributed by atoms with E-state index >= 15 is 0 Å². The number of aromatic nitrogens is 4. The molecule has 16 heteroatoms. The lowest BCUT2D eigenvalue weighted by atomic mass is 10.0. The number of ether oxygens (including phenoxy) is 2. The van der Waals surface area contributed by atoms with E-state index in [9.17, 15) is 22.0 Å². The van der Waals surface area contributed by atoms with Crippen molar-refractivity contribution >= 4 is 44.6 Å². The number of sulfonamides is 1. The van der Waals surface area contributed by atoms with Crippen LogP contribution in [0.25, 0.3) is 28.3 Å². The number of halogens is 2. The largest absolute Gasteiger partial charge is 0.496 e. The summed E-state index contributed by atoms with van der Waals surface area (Å²) < 4.78 is 67.9. The molecule has 1 fully saturated rings. The number of carbonyl (C=O) groups excluding carboxylic acids is 1. The third-order valence-electron chi connectivity index (χ3n) is 9.24. The maximum Gasteiger partial charge on any atom is 0.259 e. The minimum atomic E-state index is -3.26. The van der Waals surface area contributed by atoms with Crippen molar-refractivity contribution in [3.05, 3.63) is 108 Å². The van der Waals surface area contributed by atoms with Gasteiger partial charge in [-0.15, -0.1) is 0 Å². The number of nitrogens with zero attached hydrogens (tertiary/aromatic N) is 6. The zero-order valence-electron chi connectivity index (χ0n) is 30.5. The molecule has 7 rings (SSSR count). The standard InChI is InChI=1S/C39H38F2N8O5S/c1-5-54-33-23-31(47-17-19-48(20-18-47)55(4,51)52)24(2)21-30(33)44-39-42-15-14-29(43-39)37-35(45-34-11-6-7-16-49(34)37)25-12-13-32(53-3)26(22-25)38(50)46-36-27(40)9-8-10-28(36)41/h6-16,21-23H,5,17-20H2,1-4H3,(H,46,50)(H,42,43,44). The van der Waals surface area contributed by atoms with Gasteiger partial charge in [0.1, 0.15) is 34.5 Å². The van der Waals surface area contributed by atoms with Crippen molar-refractivity contribution in [3.8, 4) is 34.1 Å². The molecule has 0 atom stereocenters. The van der Waals surface area contributed by atoms with Crippen LogP contribution in [0.2, 0.25) is 0 Å². The number of aryl methyl sites for hydroxylation is 1. The molecule has 3 aromatic heterocycles. The van der Waals surface area contributed by atoms with Gasteiger partial charge in [-0.2, -0.15) is 4.31 Å². The monoisotopic (exact) mass is 768 g/mol. The summed E-state index contributed by atoms with van der Waals surface area (Å²) in [6.07, 6.45) is 4.70. The summed E-state index contributed by atoms with van der Waals surface area (Å²) in [5, 5.41) is 5.66. The number of fused-ring (bicyclic) bond motifs is 1. The second-order valence-corrected chi connectivity index (χ2v) is 14.8. The summed E-state index contributed by atoms with van der Waals surface area (Å²) >= 11 is 0. The molecule has 1 amide bonds. The number of piperazine rings is 1. The number of hydrogen-bond acceptors (Lipinski definition) is 10. The third-order valence-corrected chi connectivity index (χ3v) is 10.5. The van der Waals surface area contributed by atoms with Crippen molar-refractivity contribution in [1.29, 1.82) is 0 Å². The molecular formula is C39H38F2N8O5S. The molecule has 1 aliphatic heterocycles. The first-order chi connectivity index (χ1) is 26.4. The van der Waals surface area contributed by atoms with Gasteiger partial charge in [0.25, 0.3) is 5.91 Å². The summed E-state index contributed by atoms with van der Waals surface area (Å²) in [5.74, 6) is -1.54. The Bertz CT molecular complexity index is 2500. The molecule has 0 spiro atoms. The predicted molar refractivity (Wildman–Crippen MR) is 207 cm³/mol. The smallest absolute Gasteiger partial charge is 0.259 e. The number of carbonyl (C=O) groups is 1. The van der Waals surface area contributed by atoms with Crippen molar-refractivity contribution in [3.63, 3.8) is 0 Å². The number of rotatable bonds is 11. The van der Waals surface area contributed by atoms with E-state index in [1.807, 2.05) is 54.8 Å². The molecule has 0 radical (unpaired) electrons. The van der Waals surface area contributed by atoms with Crippen molar-refractivity contribution in [1.82, 2.24) is 23.7 Å². The number of para-hydroxylation sites is 1. The highest BCUT2D eigenvalue weighted by Gasteiger charge is 2.26. The lowest BCUT2D eigenvalue weighted by Crippen LogP contribution is -2.48. The van der Waals surface area contributed by atoms with Gasteiger partial charge >= 0.3 is 0 Å². The van der Waals surface area contributed by atoms with Gasteiger partial charge in [-0.1, -0.05) is 12.1 Å². The van der Waals surface area contributed by atoms with E-state index in [0.29, 0.717) is 72.5 Å². The second kappa shape index (κ2) is 15.3. The lowest BCUT2D eigenvalue weighted by molar-refractivity contribution is 0.102. The van der Waals surface area contributed by atoms with E-state index < -0.39 is 33.3 Å². The molecule has 1 aliphatic rings. The van der Waals surface area contributed by atoms with Gasteiger partial charge in [-0.25, -0.2) is 32.2 Å². The van der Waals surface area contributed by atoms with Crippen LogP contribution >= 0.6 is 0 Å². The lowest BCUT2D eigenvalue weighted by Gasteiger charge is -2.35. The molecule has 0 bridgehead atoms. The van der Waals surface area contributed by atoms with Crippen LogP contribution in [0.3, 0.4) is 0 Å². The first-order valence-electron chi connectivity index (χ1n) is 17.4. The molecule has 0 unspecified atom stereocenters. The molecule has 13 nitrogen and oxygen atoms in total. The van der Waals surface area contributed by atoms with Crippen molar-refractivity contribution in [2.24, 2.45) is 0 Å². The van der Waals surface area contributed by atoms with Gasteiger partial charge in [0.2, 0.25) is 16.0 Å². The number of pyridine rings is 1. The van der Waals surface area contributed by atoms with Crippen LogP contribution in [-0.4, -0.2) is 84.1 Å². The van der Waals surface area contributed by atoms with Crippen LogP contribution in [0, 0.1) is 18.6 Å². The van der Waals surface area contributed by atoms with E-state index in [1.165, 1.54) is 23.7 Å². The normalized spacial score (nSPS) is 13.5. The average Bonchev–Trinajstić information content (AvgIpc) is 3.57. The fraction of sp³-hybridized carbons (Fsp3) is 0.231. The molecule has 6 aromatic rings. The highest BCUT2D eigenvalue weighted by molar-refractivity contribution is 7.88. The quantitative estimate of drug-likeness (QED) is 0.149. The van der Waals surface area contributed by atoms with E-state index in [2.05, 4.69) is 20.5 Å². The third kappa shape index (κ3) is 7.63. The first-order valence-corrected chi connectivity index (χ1v) is 19.3. The SMILES string of the molecule is CCOc1cc(N2CCN(S(C)(=O)=O)CC2)c(C)cc1Nc1nccc(-c2c(-c3ccc(OC)c(C(=O)Nc4c(F)cccc4F)c3)nc3ccccn23)n1. The van der Waals surface area contributed by atoms with Crippen LogP contribution < -0.4 is 25.0 Å². The zero-order chi connectivity index (χ0) is 38.9. The summed E-state index contributed by atoms with van der Waals surface area (Å²) in [6.45, 7) is 6.16. The minimum Gasteiger partial charge on any atom is -0.496 e. The van der Waals surface area contributed by atoms with E-state index in [-0.39, 0.29) is 17.3 Å². The molecule has 1 saturated heterocycles. The summed E-state index contributed by atoms with van der Waals surface area (Å²) in [7, 11) is -1.87. The second-order valence-electron chi connectivity index (χ2n) is 12.8. The van der Waals surface area contributed by atoms with Gasteiger partial charge in [0.05, 0.1) is 48.3 Å². The van der Waals surface area contributed by atoms with E-state index in [1.54, 1.807) is 30.5 Å². The maximum atomic E-state index is 14.5. The Morgan fingerprint density at radius 3 is 2.40 bits per heavy atom. The molecule has 284 valence electrons. The molecule has 55 heavy (non-hydrogen) atoms. The number of imidazole rings is 1. The van der Waals surface area contributed by atoms with Gasteiger partial charge in [0, 0.05) is 55.9 Å². The maximum absolute atomic E-state index is 14.5. The van der Waals surface area contributed by atoms with Crippen molar-refractivity contribution in [2.45, 2.75) is 13.8 Å². The summed E-state index contributed by atoms with van der Waals surface area (Å²) in [5.41, 5.74) is 4.73. The van der Waals surface area contributed by atoms with E-state index in [0.717, 1.165) is 23.4 Å². The number of nitrogens with one attached hydrogen (secondary N) is 2. The molecule has 0 saturated carbocycles. The first kappa shape index (κ1) is 37.2. The highest BCUT2D eigenvalue weighted by Crippen LogP contribution is 2.38. The Balaban J connectivity index is 1.23. The van der Waals surface area contributed by atoms with Crippen LogP contribution in [0.4, 0.5) is 31.8 Å². The minimum absolute atomic E-state index is 0.0373. The Labute approximate surface area is 316 Å². The van der Waals surface area contributed by atoms with Gasteiger partial charge < -0.3 is 25.0 Å². The molecule has 0 aliphatic carbocycles. The average molecular weight is 769 g/mol. The number of anilines is 4. The Kier molecular flexibility index (Phi) is 10.4. The topological polar surface area (TPSA) is 143 Å². The molecule has 4 heterocycles. The van der Waals surface area contributed by atoms with Crippen LogP contribution in [0.1, 0.15) is 22.8 Å². The molecule has 3 aromatic carbocycles. The number of hydrogen-bond donors (Lipinski definition) is 2. The van der Waals surface area contributed by atoms with Crippen LogP contribution in [-0.2, 0) is 10.0 Å². The fourth-order valence-corrected chi connectivity index (χ4v) is 7.42. The number of methoxy groups -OCH3 is 1. The summed E-state index contributed by atoms with van der Waals surface area (Å²) in [4.78, 5) is 29.9. The number of amides is 1. The Hall–Kier alpha value is -6.13. The zero-order valence-corrected chi connectivity index (χ0v) is 31.3. The predicted octanol–water partition coefficient (Wildman–Crippen LogP) is 6.53. The van der Waals surface area contributed by atoms with Crippen LogP contribution in [0.5, 0.6) is 11.5 Å². The summed E-state index contributed by atoms with van der Waals surface area (Å²) in [6, 6.07) is 19.4. The highest BCUT2D eigenvalue weighted by atomic mass is 32.2. The Morgan fingerprint density at radius 1 is 0.927 bits per heavy atom. The van der Waals surface area contributed by atoms with Gasteiger partial charge in [-0.05, 0) is 74.0 Å². The van der Waals surface area contributed by atoms with Crippen LogP contribution in [0.15, 0.2) is 85.2 Å². The molecule has 2 N–H and O–H groups in total. The van der Waals surface area contributed by atoms with Gasteiger partial charge in [-0.3, -0.25) is 9.20 Å². The number of benzene rings is 3. The molecular weight excluding hydrogens is 731 g/mol. The van der Waals surface area contributed by atoms with Gasteiger partial charge in [0.15, 0.2) is 0 Å².